The van der Waals surface area contributed by atoms with Gasteiger partial charge in [-0.05, 0) is 31.0 Å². The number of hydrogen-bond donors (Lipinski definition) is 1. The highest BCUT2D eigenvalue weighted by Gasteiger charge is 2.44. The second kappa shape index (κ2) is 4.76. The average Bonchev–Trinajstić information content (AvgIpc) is 2.17. The van der Waals surface area contributed by atoms with Crippen molar-refractivity contribution in [3.05, 3.63) is 0 Å². The molecular formula is C12H27NO2Si. The molecule has 0 amide bonds. The SMILES string of the molecule is CC(C)(C)[Si](C)(C)OC1(CN)CCOCC1. The van der Waals surface area contributed by atoms with E-state index in [-0.39, 0.29) is 10.6 Å². The quantitative estimate of drug-likeness (QED) is 0.777. The molecule has 1 heterocycles. The average molecular weight is 245 g/mol. The minimum absolute atomic E-state index is 0.124. The van der Waals surface area contributed by atoms with Crippen molar-refractivity contribution in [1.82, 2.24) is 0 Å². The largest absolute Gasteiger partial charge is 0.410 e. The predicted molar refractivity (Wildman–Crippen MR) is 70.1 cm³/mol. The molecule has 0 saturated carbocycles. The Hall–Kier alpha value is 0.0969. The molecule has 1 fully saturated rings. The molecule has 0 spiro atoms. The third-order valence-corrected chi connectivity index (χ3v) is 8.61. The van der Waals surface area contributed by atoms with Gasteiger partial charge < -0.3 is 14.9 Å². The molecular weight excluding hydrogens is 218 g/mol. The van der Waals surface area contributed by atoms with Crippen molar-refractivity contribution < 1.29 is 9.16 Å². The van der Waals surface area contributed by atoms with Crippen molar-refractivity contribution in [2.75, 3.05) is 19.8 Å². The number of nitrogens with two attached hydrogens (primary N) is 1. The van der Waals surface area contributed by atoms with E-state index >= 15 is 0 Å². The lowest BCUT2D eigenvalue weighted by Crippen LogP contribution is -2.55. The first-order chi connectivity index (χ1) is 7.22. The van der Waals surface area contributed by atoms with E-state index in [4.69, 9.17) is 14.9 Å². The van der Waals surface area contributed by atoms with Crippen molar-refractivity contribution in [1.29, 1.82) is 0 Å². The van der Waals surface area contributed by atoms with Crippen LogP contribution in [0.2, 0.25) is 18.1 Å². The van der Waals surface area contributed by atoms with Gasteiger partial charge in [-0.2, -0.15) is 0 Å². The highest BCUT2D eigenvalue weighted by Crippen LogP contribution is 2.41. The number of rotatable bonds is 3. The Morgan fingerprint density at radius 1 is 1.25 bits per heavy atom. The minimum Gasteiger partial charge on any atom is -0.410 e. The fourth-order valence-corrected chi connectivity index (χ4v) is 3.46. The van der Waals surface area contributed by atoms with Crippen molar-refractivity contribution in [2.45, 2.75) is 57.3 Å². The lowest BCUT2D eigenvalue weighted by atomic mass is 9.95. The molecule has 4 heteroatoms. The molecule has 1 aliphatic rings. The normalized spacial score (nSPS) is 22.1. The summed E-state index contributed by atoms with van der Waals surface area (Å²) in [6.07, 6.45) is 1.88. The third-order valence-electron chi connectivity index (χ3n) is 4.05. The van der Waals surface area contributed by atoms with Crippen LogP contribution in [0.5, 0.6) is 0 Å². The standard InChI is InChI=1S/C12H27NO2Si/c1-11(2,3)16(4,5)15-12(10-13)6-8-14-9-7-12/h6-10,13H2,1-5H3. The molecule has 1 saturated heterocycles. The number of hydrogen-bond acceptors (Lipinski definition) is 3. The molecule has 0 atom stereocenters. The second-order valence-corrected chi connectivity index (χ2v) is 11.1. The van der Waals surface area contributed by atoms with E-state index in [1.165, 1.54) is 0 Å². The van der Waals surface area contributed by atoms with Crippen LogP contribution in [-0.4, -0.2) is 33.7 Å². The second-order valence-electron chi connectivity index (χ2n) is 6.36. The van der Waals surface area contributed by atoms with E-state index in [1.54, 1.807) is 0 Å². The van der Waals surface area contributed by atoms with Gasteiger partial charge in [0.05, 0.1) is 5.60 Å². The molecule has 0 unspecified atom stereocenters. The van der Waals surface area contributed by atoms with Crippen LogP contribution in [-0.2, 0) is 9.16 Å². The molecule has 1 aliphatic heterocycles. The summed E-state index contributed by atoms with van der Waals surface area (Å²) in [4.78, 5) is 0. The van der Waals surface area contributed by atoms with Crippen molar-refractivity contribution in [3.63, 3.8) is 0 Å². The molecule has 0 radical (unpaired) electrons. The summed E-state index contributed by atoms with van der Waals surface area (Å²) in [5.41, 5.74) is 5.81. The van der Waals surface area contributed by atoms with E-state index < -0.39 is 8.32 Å². The van der Waals surface area contributed by atoms with Crippen LogP contribution in [0.15, 0.2) is 0 Å². The van der Waals surface area contributed by atoms with Gasteiger partial charge in [0, 0.05) is 19.8 Å². The first kappa shape index (κ1) is 14.2. The topological polar surface area (TPSA) is 44.5 Å². The highest BCUT2D eigenvalue weighted by molar-refractivity contribution is 6.74. The summed E-state index contributed by atoms with van der Waals surface area (Å²) < 4.78 is 11.9. The fourth-order valence-electron chi connectivity index (χ4n) is 1.79. The van der Waals surface area contributed by atoms with Gasteiger partial charge >= 0.3 is 0 Å². The molecule has 0 bridgehead atoms. The summed E-state index contributed by atoms with van der Waals surface area (Å²) in [5.74, 6) is 0. The molecule has 2 N–H and O–H groups in total. The summed E-state index contributed by atoms with van der Waals surface area (Å²) in [5, 5.41) is 0.244. The maximum Gasteiger partial charge on any atom is 0.192 e. The molecule has 16 heavy (non-hydrogen) atoms. The molecule has 0 aliphatic carbocycles. The zero-order valence-corrected chi connectivity index (χ0v) is 12.4. The van der Waals surface area contributed by atoms with E-state index in [0.29, 0.717) is 6.54 Å². The van der Waals surface area contributed by atoms with Crippen LogP contribution >= 0.6 is 0 Å². The van der Waals surface area contributed by atoms with Crippen LogP contribution in [0.4, 0.5) is 0 Å². The molecule has 0 aromatic carbocycles. The first-order valence-electron chi connectivity index (χ1n) is 6.20. The van der Waals surface area contributed by atoms with E-state index in [2.05, 4.69) is 33.9 Å². The van der Waals surface area contributed by atoms with Crippen LogP contribution in [0.1, 0.15) is 33.6 Å². The third kappa shape index (κ3) is 3.06. The van der Waals surface area contributed by atoms with Gasteiger partial charge in [0.2, 0.25) is 0 Å². The van der Waals surface area contributed by atoms with Crippen molar-refractivity contribution in [2.24, 2.45) is 5.73 Å². The molecule has 0 aromatic rings. The van der Waals surface area contributed by atoms with Gasteiger partial charge in [-0.3, -0.25) is 0 Å². The lowest BCUT2D eigenvalue weighted by Gasteiger charge is -2.46. The minimum atomic E-state index is -1.72. The first-order valence-corrected chi connectivity index (χ1v) is 9.11. The van der Waals surface area contributed by atoms with Gasteiger partial charge in [0.15, 0.2) is 8.32 Å². The smallest absolute Gasteiger partial charge is 0.192 e. The highest BCUT2D eigenvalue weighted by atomic mass is 28.4. The molecule has 96 valence electrons. The Morgan fingerprint density at radius 3 is 2.12 bits per heavy atom. The van der Waals surface area contributed by atoms with Gasteiger partial charge in [0.1, 0.15) is 0 Å². The monoisotopic (exact) mass is 245 g/mol. The molecule has 3 nitrogen and oxygen atoms in total. The Morgan fingerprint density at radius 2 is 1.75 bits per heavy atom. The van der Waals surface area contributed by atoms with Crippen molar-refractivity contribution >= 4 is 8.32 Å². The van der Waals surface area contributed by atoms with Gasteiger partial charge in [-0.1, -0.05) is 20.8 Å². The molecule has 1 rings (SSSR count). The van der Waals surface area contributed by atoms with Gasteiger partial charge in [-0.25, -0.2) is 0 Å². The Labute approximate surface area is 101 Å². The zero-order chi connectivity index (χ0) is 12.4. The summed E-state index contributed by atoms with van der Waals surface area (Å²) >= 11 is 0. The predicted octanol–water partition coefficient (Wildman–Crippen LogP) is 2.52. The van der Waals surface area contributed by atoms with E-state index in [0.717, 1.165) is 26.1 Å². The lowest BCUT2D eigenvalue weighted by molar-refractivity contribution is -0.0479. The molecule has 0 aromatic heterocycles. The Balaban J connectivity index is 2.76. The Kier molecular flexibility index (Phi) is 4.22. The van der Waals surface area contributed by atoms with Crippen molar-refractivity contribution in [3.8, 4) is 0 Å². The maximum absolute atomic E-state index is 6.51. The summed E-state index contributed by atoms with van der Waals surface area (Å²) in [6.45, 7) is 13.6. The van der Waals surface area contributed by atoms with Crippen LogP contribution < -0.4 is 5.73 Å². The van der Waals surface area contributed by atoms with Crippen LogP contribution in [0.25, 0.3) is 0 Å². The number of ether oxygens (including phenoxy) is 1. The summed E-state index contributed by atoms with van der Waals surface area (Å²) in [6, 6.07) is 0. The van der Waals surface area contributed by atoms with Gasteiger partial charge in [0.25, 0.3) is 0 Å². The fraction of sp³-hybridized carbons (Fsp3) is 1.00. The van der Waals surface area contributed by atoms with Crippen LogP contribution in [0.3, 0.4) is 0 Å². The Bertz CT molecular complexity index is 230. The maximum atomic E-state index is 6.51. The van der Waals surface area contributed by atoms with E-state index in [9.17, 15) is 0 Å². The van der Waals surface area contributed by atoms with E-state index in [1.807, 2.05) is 0 Å². The van der Waals surface area contributed by atoms with Crippen LogP contribution in [0, 0.1) is 0 Å². The zero-order valence-electron chi connectivity index (χ0n) is 11.4. The van der Waals surface area contributed by atoms with Gasteiger partial charge in [-0.15, -0.1) is 0 Å². The summed E-state index contributed by atoms with van der Waals surface area (Å²) in [7, 11) is -1.72.